The zero-order valence-electron chi connectivity index (χ0n) is 11.7. The summed E-state index contributed by atoms with van der Waals surface area (Å²) in [4.78, 5) is 4.25. The molecule has 112 valence electrons. The van der Waals surface area contributed by atoms with Gasteiger partial charge in [-0.15, -0.1) is 0 Å². The van der Waals surface area contributed by atoms with Crippen molar-refractivity contribution in [3.8, 4) is 5.75 Å². The molecule has 1 atom stereocenters. The van der Waals surface area contributed by atoms with Gasteiger partial charge in [-0.3, -0.25) is 4.98 Å². The molecule has 0 amide bonds. The molecule has 0 radical (unpaired) electrons. The van der Waals surface area contributed by atoms with Gasteiger partial charge in [0.05, 0.1) is 0 Å². The monoisotopic (exact) mass is 350 g/mol. The molecular weight excluding hydrogens is 332 g/mol. The molecule has 0 aliphatic rings. The molecular formula is C16H19BrN2O2. The van der Waals surface area contributed by atoms with Crippen LogP contribution in [0.4, 0.5) is 0 Å². The predicted molar refractivity (Wildman–Crippen MR) is 86.5 cm³/mol. The summed E-state index contributed by atoms with van der Waals surface area (Å²) in [5.74, 6) is 0.747. The quantitative estimate of drug-likeness (QED) is 0.718. The van der Waals surface area contributed by atoms with E-state index >= 15 is 0 Å². The SMILES string of the molecule is OC(CNCCc1ccccn1)COc1cccc(Br)c1. The van der Waals surface area contributed by atoms with Crippen LogP contribution < -0.4 is 10.1 Å². The van der Waals surface area contributed by atoms with E-state index in [1.54, 1.807) is 6.20 Å². The molecule has 0 saturated heterocycles. The van der Waals surface area contributed by atoms with Gasteiger partial charge in [0.1, 0.15) is 18.5 Å². The molecule has 5 heteroatoms. The minimum absolute atomic E-state index is 0.271. The third-order valence-corrected chi connectivity index (χ3v) is 3.40. The first-order chi connectivity index (χ1) is 10.2. The average Bonchev–Trinajstić information content (AvgIpc) is 2.51. The van der Waals surface area contributed by atoms with Crippen molar-refractivity contribution in [2.24, 2.45) is 0 Å². The number of rotatable bonds is 8. The Balaban J connectivity index is 1.60. The number of ether oxygens (including phenoxy) is 1. The second-order valence-electron chi connectivity index (χ2n) is 4.70. The van der Waals surface area contributed by atoms with Gasteiger partial charge in [0, 0.05) is 35.9 Å². The van der Waals surface area contributed by atoms with Crippen molar-refractivity contribution in [1.82, 2.24) is 10.3 Å². The Hall–Kier alpha value is -1.43. The van der Waals surface area contributed by atoms with Gasteiger partial charge in [0.15, 0.2) is 0 Å². The lowest BCUT2D eigenvalue weighted by Gasteiger charge is -2.13. The Morgan fingerprint density at radius 2 is 2.14 bits per heavy atom. The third kappa shape index (κ3) is 6.25. The van der Waals surface area contributed by atoms with Gasteiger partial charge in [-0.1, -0.05) is 28.1 Å². The molecule has 4 nitrogen and oxygen atoms in total. The number of aromatic nitrogens is 1. The van der Waals surface area contributed by atoms with Crippen LogP contribution in [-0.4, -0.2) is 35.9 Å². The molecule has 0 saturated carbocycles. The lowest BCUT2D eigenvalue weighted by atomic mass is 10.2. The second kappa shape index (κ2) is 8.77. The van der Waals surface area contributed by atoms with Crippen molar-refractivity contribution in [3.63, 3.8) is 0 Å². The van der Waals surface area contributed by atoms with Crippen LogP contribution in [0.2, 0.25) is 0 Å². The first kappa shape index (κ1) is 15.9. The van der Waals surface area contributed by atoms with Gasteiger partial charge in [-0.25, -0.2) is 0 Å². The smallest absolute Gasteiger partial charge is 0.120 e. The van der Waals surface area contributed by atoms with E-state index in [9.17, 15) is 5.11 Å². The van der Waals surface area contributed by atoms with E-state index in [0.717, 1.165) is 28.9 Å². The number of nitrogens with zero attached hydrogens (tertiary/aromatic N) is 1. The van der Waals surface area contributed by atoms with Gasteiger partial charge < -0.3 is 15.2 Å². The van der Waals surface area contributed by atoms with E-state index in [-0.39, 0.29) is 6.61 Å². The number of pyridine rings is 1. The molecule has 0 spiro atoms. The molecule has 1 aromatic heterocycles. The van der Waals surface area contributed by atoms with Crippen LogP contribution in [-0.2, 0) is 6.42 Å². The summed E-state index contributed by atoms with van der Waals surface area (Å²) in [7, 11) is 0. The maximum atomic E-state index is 9.86. The predicted octanol–water partition coefficient (Wildman–Crippen LogP) is 2.42. The summed E-state index contributed by atoms with van der Waals surface area (Å²) in [6.07, 6.45) is 2.10. The van der Waals surface area contributed by atoms with Crippen molar-refractivity contribution < 1.29 is 9.84 Å². The van der Waals surface area contributed by atoms with Crippen molar-refractivity contribution in [2.75, 3.05) is 19.7 Å². The molecule has 0 bridgehead atoms. The highest BCUT2D eigenvalue weighted by Gasteiger charge is 2.05. The van der Waals surface area contributed by atoms with Crippen molar-refractivity contribution in [3.05, 3.63) is 58.8 Å². The fourth-order valence-electron chi connectivity index (χ4n) is 1.84. The van der Waals surface area contributed by atoms with Crippen LogP contribution in [0.3, 0.4) is 0 Å². The summed E-state index contributed by atoms with van der Waals surface area (Å²) in [5, 5.41) is 13.1. The highest BCUT2D eigenvalue weighted by atomic mass is 79.9. The normalized spacial score (nSPS) is 12.1. The minimum atomic E-state index is -0.535. The Kier molecular flexibility index (Phi) is 6.66. The average molecular weight is 351 g/mol. The molecule has 21 heavy (non-hydrogen) atoms. The second-order valence-corrected chi connectivity index (χ2v) is 5.61. The third-order valence-electron chi connectivity index (χ3n) is 2.90. The summed E-state index contributed by atoms with van der Waals surface area (Å²) in [6.45, 7) is 1.55. The Bertz CT molecular complexity index is 537. The molecule has 1 heterocycles. The Morgan fingerprint density at radius 3 is 2.90 bits per heavy atom. The van der Waals surface area contributed by atoms with E-state index in [1.165, 1.54) is 0 Å². The molecule has 2 aromatic rings. The molecule has 1 aromatic carbocycles. The van der Waals surface area contributed by atoms with Crippen molar-refractivity contribution >= 4 is 15.9 Å². The van der Waals surface area contributed by atoms with Crippen LogP contribution in [0, 0.1) is 0 Å². The van der Waals surface area contributed by atoms with E-state index in [4.69, 9.17) is 4.74 Å². The summed E-state index contributed by atoms with van der Waals surface area (Å²) >= 11 is 3.38. The number of hydrogen-bond acceptors (Lipinski definition) is 4. The lowest BCUT2D eigenvalue weighted by molar-refractivity contribution is 0.106. The molecule has 0 aliphatic carbocycles. The largest absolute Gasteiger partial charge is 0.491 e. The molecule has 2 rings (SSSR count). The van der Waals surface area contributed by atoms with E-state index in [0.29, 0.717) is 6.54 Å². The lowest BCUT2D eigenvalue weighted by Crippen LogP contribution is -2.32. The maximum Gasteiger partial charge on any atom is 0.120 e. The van der Waals surface area contributed by atoms with E-state index in [2.05, 4.69) is 26.2 Å². The summed E-state index contributed by atoms with van der Waals surface area (Å²) in [6, 6.07) is 13.4. The standard InChI is InChI=1S/C16H19BrN2O2/c17-13-4-3-6-16(10-13)21-12-15(20)11-18-9-7-14-5-1-2-8-19-14/h1-6,8,10,15,18,20H,7,9,11-12H2. The van der Waals surface area contributed by atoms with Crippen LogP contribution in [0.15, 0.2) is 53.1 Å². The van der Waals surface area contributed by atoms with Crippen LogP contribution in [0.5, 0.6) is 5.75 Å². The van der Waals surface area contributed by atoms with Gasteiger partial charge in [0.2, 0.25) is 0 Å². The number of benzene rings is 1. The maximum absolute atomic E-state index is 9.86. The number of aliphatic hydroxyl groups is 1. The highest BCUT2D eigenvalue weighted by molar-refractivity contribution is 9.10. The zero-order chi connectivity index (χ0) is 14.9. The van der Waals surface area contributed by atoms with E-state index < -0.39 is 6.10 Å². The number of hydrogen-bond donors (Lipinski definition) is 2. The van der Waals surface area contributed by atoms with E-state index in [1.807, 2.05) is 42.5 Å². The Labute approximate surface area is 133 Å². The molecule has 1 unspecified atom stereocenters. The minimum Gasteiger partial charge on any atom is -0.491 e. The molecule has 2 N–H and O–H groups in total. The van der Waals surface area contributed by atoms with Crippen molar-refractivity contribution in [2.45, 2.75) is 12.5 Å². The number of aliphatic hydroxyl groups excluding tert-OH is 1. The number of nitrogens with one attached hydrogen (secondary N) is 1. The zero-order valence-corrected chi connectivity index (χ0v) is 13.3. The van der Waals surface area contributed by atoms with Crippen LogP contribution >= 0.6 is 15.9 Å². The van der Waals surface area contributed by atoms with Gasteiger partial charge >= 0.3 is 0 Å². The van der Waals surface area contributed by atoms with Crippen LogP contribution in [0.1, 0.15) is 5.69 Å². The fourth-order valence-corrected chi connectivity index (χ4v) is 2.22. The van der Waals surface area contributed by atoms with Gasteiger partial charge in [0.25, 0.3) is 0 Å². The summed E-state index contributed by atoms with van der Waals surface area (Å²) in [5.41, 5.74) is 1.05. The highest BCUT2D eigenvalue weighted by Crippen LogP contribution is 2.17. The molecule has 0 fully saturated rings. The number of halogens is 1. The van der Waals surface area contributed by atoms with Gasteiger partial charge in [-0.2, -0.15) is 0 Å². The van der Waals surface area contributed by atoms with Crippen molar-refractivity contribution in [1.29, 1.82) is 0 Å². The Morgan fingerprint density at radius 1 is 1.24 bits per heavy atom. The topological polar surface area (TPSA) is 54.4 Å². The summed E-state index contributed by atoms with van der Waals surface area (Å²) < 4.78 is 6.49. The molecule has 0 aliphatic heterocycles. The van der Waals surface area contributed by atoms with Gasteiger partial charge in [-0.05, 0) is 30.3 Å². The fraction of sp³-hybridized carbons (Fsp3) is 0.312. The first-order valence-corrected chi connectivity index (χ1v) is 7.70. The van der Waals surface area contributed by atoms with Crippen LogP contribution in [0.25, 0.3) is 0 Å². The first-order valence-electron chi connectivity index (χ1n) is 6.91.